The highest BCUT2D eigenvalue weighted by Crippen LogP contribution is 2.33. The Morgan fingerprint density at radius 2 is 2.05 bits per heavy atom. The van der Waals surface area contributed by atoms with Gasteiger partial charge in [-0.15, -0.1) is 0 Å². The average Bonchev–Trinajstić information content (AvgIpc) is 3.13. The van der Waals surface area contributed by atoms with Crippen LogP contribution in [0.5, 0.6) is 0 Å². The zero-order chi connectivity index (χ0) is 13.9. The Labute approximate surface area is 115 Å². The Kier molecular flexibility index (Phi) is 4.25. The van der Waals surface area contributed by atoms with Crippen LogP contribution in [0.25, 0.3) is 0 Å². The van der Waals surface area contributed by atoms with Crippen molar-refractivity contribution in [2.75, 3.05) is 0 Å². The minimum absolute atomic E-state index is 0.0815. The summed E-state index contributed by atoms with van der Waals surface area (Å²) < 4.78 is 0. The number of carbonyl (C=O) groups excluding carboxylic acids is 1. The maximum atomic E-state index is 12.0. The summed E-state index contributed by atoms with van der Waals surface area (Å²) in [4.78, 5) is 12.0. The van der Waals surface area contributed by atoms with E-state index in [0.717, 1.165) is 17.9 Å². The van der Waals surface area contributed by atoms with Crippen LogP contribution in [0.3, 0.4) is 0 Å². The third-order valence-electron chi connectivity index (χ3n) is 3.69. The van der Waals surface area contributed by atoms with Gasteiger partial charge in [-0.3, -0.25) is 4.79 Å². The van der Waals surface area contributed by atoms with Crippen LogP contribution in [0.1, 0.15) is 45.1 Å². The summed E-state index contributed by atoms with van der Waals surface area (Å²) in [5.74, 6) is 0.715. The van der Waals surface area contributed by atoms with E-state index < -0.39 is 5.60 Å². The molecule has 3 heteroatoms. The fourth-order valence-electron chi connectivity index (χ4n) is 2.45. The van der Waals surface area contributed by atoms with Crippen molar-refractivity contribution in [1.29, 1.82) is 0 Å². The summed E-state index contributed by atoms with van der Waals surface area (Å²) >= 11 is 0. The number of rotatable bonds is 6. The van der Waals surface area contributed by atoms with Crippen molar-refractivity contribution in [3.63, 3.8) is 0 Å². The molecule has 1 aliphatic carbocycles. The molecular weight excluding hydrogens is 238 g/mol. The fourth-order valence-corrected chi connectivity index (χ4v) is 2.45. The van der Waals surface area contributed by atoms with Gasteiger partial charge >= 0.3 is 0 Å². The van der Waals surface area contributed by atoms with Crippen LogP contribution >= 0.6 is 0 Å². The van der Waals surface area contributed by atoms with Gasteiger partial charge in [-0.05, 0) is 31.7 Å². The van der Waals surface area contributed by atoms with Crippen LogP contribution < -0.4 is 5.32 Å². The number of amides is 1. The molecule has 2 unspecified atom stereocenters. The van der Waals surface area contributed by atoms with Crippen LogP contribution in [0, 0.1) is 5.92 Å². The highest BCUT2D eigenvalue weighted by Gasteiger charge is 2.28. The van der Waals surface area contributed by atoms with Crippen molar-refractivity contribution in [3.8, 4) is 0 Å². The second-order valence-electron chi connectivity index (χ2n) is 5.96. The predicted molar refractivity (Wildman–Crippen MR) is 75.6 cm³/mol. The average molecular weight is 261 g/mol. The Morgan fingerprint density at radius 1 is 1.42 bits per heavy atom. The van der Waals surface area contributed by atoms with Crippen LogP contribution in [-0.2, 0) is 10.4 Å². The van der Waals surface area contributed by atoms with Gasteiger partial charge in [0, 0.05) is 6.04 Å². The summed E-state index contributed by atoms with van der Waals surface area (Å²) in [6.45, 7) is 3.72. The van der Waals surface area contributed by atoms with E-state index in [1.54, 1.807) is 6.92 Å². The zero-order valence-corrected chi connectivity index (χ0v) is 11.7. The normalized spacial score (nSPS) is 19.5. The lowest BCUT2D eigenvalue weighted by molar-refractivity contribution is -0.126. The molecule has 3 nitrogen and oxygen atoms in total. The molecular formula is C16H23NO2. The third kappa shape index (κ3) is 4.35. The Hall–Kier alpha value is -1.35. The van der Waals surface area contributed by atoms with Gasteiger partial charge in [-0.2, -0.15) is 0 Å². The monoisotopic (exact) mass is 261 g/mol. The van der Waals surface area contributed by atoms with Crippen molar-refractivity contribution in [2.45, 2.75) is 51.2 Å². The standard InChI is InChI=1S/C16H23NO2/c1-12(10-13-8-9-13)17-15(18)11-16(2,19)14-6-4-3-5-7-14/h3-7,12-13,19H,8-11H2,1-2H3,(H,17,18). The lowest BCUT2D eigenvalue weighted by Crippen LogP contribution is -2.37. The van der Waals surface area contributed by atoms with Gasteiger partial charge in [-0.1, -0.05) is 43.2 Å². The van der Waals surface area contributed by atoms with Crippen molar-refractivity contribution in [3.05, 3.63) is 35.9 Å². The van der Waals surface area contributed by atoms with Crippen molar-refractivity contribution in [2.24, 2.45) is 5.92 Å². The van der Waals surface area contributed by atoms with E-state index >= 15 is 0 Å². The van der Waals surface area contributed by atoms with E-state index in [9.17, 15) is 9.90 Å². The number of aliphatic hydroxyl groups is 1. The van der Waals surface area contributed by atoms with Crippen molar-refractivity contribution in [1.82, 2.24) is 5.32 Å². The first-order valence-corrected chi connectivity index (χ1v) is 7.04. The molecule has 1 aromatic rings. The summed E-state index contributed by atoms with van der Waals surface area (Å²) in [5, 5.41) is 13.4. The predicted octanol–water partition coefficient (Wildman–Crippen LogP) is 2.59. The molecule has 104 valence electrons. The first-order chi connectivity index (χ1) is 8.97. The lowest BCUT2D eigenvalue weighted by atomic mass is 9.92. The minimum Gasteiger partial charge on any atom is -0.385 e. The Balaban J connectivity index is 1.86. The molecule has 2 N–H and O–H groups in total. The highest BCUT2D eigenvalue weighted by atomic mass is 16.3. The van der Waals surface area contributed by atoms with Crippen LogP contribution in [-0.4, -0.2) is 17.1 Å². The van der Waals surface area contributed by atoms with Crippen molar-refractivity contribution < 1.29 is 9.90 Å². The van der Waals surface area contributed by atoms with E-state index in [4.69, 9.17) is 0 Å². The number of hydrogen-bond acceptors (Lipinski definition) is 2. The van der Waals surface area contributed by atoms with E-state index in [2.05, 4.69) is 5.32 Å². The van der Waals surface area contributed by atoms with Gasteiger partial charge in [0.05, 0.1) is 12.0 Å². The number of benzene rings is 1. The van der Waals surface area contributed by atoms with E-state index in [1.165, 1.54) is 12.8 Å². The molecule has 1 saturated carbocycles. The second kappa shape index (κ2) is 5.74. The van der Waals surface area contributed by atoms with Gasteiger partial charge in [0.1, 0.15) is 0 Å². The van der Waals surface area contributed by atoms with Gasteiger partial charge in [0.15, 0.2) is 0 Å². The van der Waals surface area contributed by atoms with E-state index in [1.807, 2.05) is 37.3 Å². The zero-order valence-electron chi connectivity index (χ0n) is 11.7. The molecule has 0 bridgehead atoms. The van der Waals surface area contributed by atoms with Crippen LogP contribution in [0.2, 0.25) is 0 Å². The first-order valence-electron chi connectivity index (χ1n) is 7.04. The molecule has 1 amide bonds. The largest absolute Gasteiger partial charge is 0.385 e. The quantitative estimate of drug-likeness (QED) is 0.827. The molecule has 2 rings (SSSR count). The maximum absolute atomic E-state index is 12.0. The summed E-state index contributed by atoms with van der Waals surface area (Å²) in [7, 11) is 0. The number of carbonyl (C=O) groups is 1. The topological polar surface area (TPSA) is 49.3 Å². The minimum atomic E-state index is -1.11. The van der Waals surface area contributed by atoms with E-state index in [-0.39, 0.29) is 18.4 Å². The molecule has 19 heavy (non-hydrogen) atoms. The van der Waals surface area contributed by atoms with Gasteiger partial charge < -0.3 is 10.4 Å². The molecule has 0 saturated heterocycles. The molecule has 0 spiro atoms. The molecule has 0 heterocycles. The van der Waals surface area contributed by atoms with Crippen LogP contribution in [0.4, 0.5) is 0 Å². The highest BCUT2D eigenvalue weighted by molar-refractivity contribution is 5.77. The lowest BCUT2D eigenvalue weighted by Gasteiger charge is -2.24. The SMILES string of the molecule is CC(CC1CC1)NC(=O)CC(C)(O)c1ccccc1. The molecule has 0 aromatic heterocycles. The smallest absolute Gasteiger partial charge is 0.223 e. The second-order valence-corrected chi connectivity index (χ2v) is 5.96. The Bertz CT molecular complexity index is 424. The molecule has 1 aliphatic rings. The van der Waals surface area contributed by atoms with Gasteiger partial charge in [0.2, 0.25) is 5.91 Å². The fraction of sp³-hybridized carbons (Fsp3) is 0.562. The maximum Gasteiger partial charge on any atom is 0.223 e. The number of hydrogen-bond donors (Lipinski definition) is 2. The first kappa shape index (κ1) is 14.1. The molecule has 2 atom stereocenters. The third-order valence-corrected chi connectivity index (χ3v) is 3.69. The van der Waals surface area contributed by atoms with Gasteiger partial charge in [-0.25, -0.2) is 0 Å². The van der Waals surface area contributed by atoms with Crippen LogP contribution in [0.15, 0.2) is 30.3 Å². The van der Waals surface area contributed by atoms with Gasteiger partial charge in [0.25, 0.3) is 0 Å². The van der Waals surface area contributed by atoms with E-state index in [0.29, 0.717) is 0 Å². The Morgan fingerprint density at radius 3 is 2.63 bits per heavy atom. The van der Waals surface area contributed by atoms with Crippen molar-refractivity contribution >= 4 is 5.91 Å². The summed E-state index contributed by atoms with van der Waals surface area (Å²) in [6.07, 6.45) is 3.75. The molecule has 0 aliphatic heterocycles. The molecule has 1 fully saturated rings. The summed E-state index contributed by atoms with van der Waals surface area (Å²) in [5.41, 5.74) is -0.329. The number of nitrogens with one attached hydrogen (secondary N) is 1. The molecule has 1 aromatic carbocycles. The summed E-state index contributed by atoms with van der Waals surface area (Å²) in [6, 6.07) is 9.54. The molecule has 0 radical (unpaired) electrons.